The second kappa shape index (κ2) is 12.6. The molecule has 0 unspecified atom stereocenters. The minimum absolute atomic E-state index is 0.128. The summed E-state index contributed by atoms with van der Waals surface area (Å²) < 4.78 is 51.4. The third-order valence-corrected chi connectivity index (χ3v) is 10.5. The van der Waals surface area contributed by atoms with Gasteiger partial charge in [0.1, 0.15) is 22.3 Å². The van der Waals surface area contributed by atoms with Crippen LogP contribution in [-0.2, 0) is 0 Å². The molecule has 11 aromatic rings. The largest absolute Gasteiger partial charge is 0.455 e. The van der Waals surface area contributed by atoms with Crippen LogP contribution in [0.4, 0.5) is 17.1 Å². The van der Waals surface area contributed by atoms with Crippen LogP contribution in [0.2, 0.25) is 0 Å². The van der Waals surface area contributed by atoms with Gasteiger partial charge >= 0.3 is 0 Å². The normalized spacial score (nSPS) is 12.7. The van der Waals surface area contributed by atoms with Crippen molar-refractivity contribution in [3.05, 3.63) is 200 Å². The van der Waals surface area contributed by atoms with Gasteiger partial charge in [0.05, 0.1) is 16.6 Å². The van der Waals surface area contributed by atoms with E-state index >= 15 is 0 Å². The fraction of sp³-hybridized carbons (Fsp3) is 0. The second-order valence-electron chi connectivity index (χ2n) is 13.7. The SMILES string of the molecule is [2H]c1c([2H])c(N(c2cccc(-c3cccc4c3oc3ccccc34)c2)c2cccc3oc4c5ccccc5ccc4c23)c([2H])c([2H])c1-c1ccc(-c2ccccc2)cc1. The van der Waals surface area contributed by atoms with Crippen molar-refractivity contribution >= 4 is 71.7 Å². The molecule has 3 nitrogen and oxygen atoms in total. The van der Waals surface area contributed by atoms with Crippen molar-refractivity contribution in [1.29, 1.82) is 0 Å². The smallest absolute Gasteiger partial charge is 0.143 e. The van der Waals surface area contributed by atoms with Gasteiger partial charge in [-0.15, -0.1) is 0 Å². The quantitative estimate of drug-likeness (QED) is 0.172. The number of benzene rings is 9. The second-order valence-corrected chi connectivity index (χ2v) is 13.7. The van der Waals surface area contributed by atoms with Crippen LogP contribution in [0.25, 0.3) is 88.0 Å². The molecule has 55 heavy (non-hydrogen) atoms. The molecule has 0 amide bonds. The summed E-state index contributed by atoms with van der Waals surface area (Å²) in [7, 11) is 0. The average Bonchev–Trinajstić information content (AvgIpc) is 3.87. The maximum absolute atomic E-state index is 9.69. The minimum Gasteiger partial charge on any atom is -0.455 e. The van der Waals surface area contributed by atoms with Crippen molar-refractivity contribution in [3.63, 3.8) is 0 Å². The van der Waals surface area contributed by atoms with E-state index in [1.165, 1.54) is 0 Å². The maximum atomic E-state index is 9.69. The van der Waals surface area contributed by atoms with Crippen molar-refractivity contribution in [2.45, 2.75) is 0 Å². The summed E-state index contributed by atoms with van der Waals surface area (Å²) in [6, 6.07) is 57.2. The first-order valence-corrected chi connectivity index (χ1v) is 18.3. The molecule has 0 radical (unpaired) electrons. The van der Waals surface area contributed by atoms with Crippen molar-refractivity contribution in [3.8, 4) is 33.4 Å². The Bertz CT molecular complexity index is 3410. The van der Waals surface area contributed by atoms with E-state index in [9.17, 15) is 5.48 Å². The van der Waals surface area contributed by atoms with E-state index in [-0.39, 0.29) is 35.4 Å². The predicted molar refractivity (Wildman–Crippen MR) is 229 cm³/mol. The Hall–Kier alpha value is -7.36. The zero-order valence-electron chi connectivity index (χ0n) is 33.5. The first-order chi connectivity index (χ1) is 28.9. The van der Waals surface area contributed by atoms with Crippen LogP contribution in [0, 0.1) is 0 Å². The molecule has 0 N–H and O–H groups in total. The fourth-order valence-electron chi connectivity index (χ4n) is 7.92. The number of furan rings is 2. The Labute approximate surface area is 323 Å². The van der Waals surface area contributed by atoms with Crippen LogP contribution in [0.1, 0.15) is 5.48 Å². The Kier molecular flexibility index (Phi) is 6.27. The summed E-state index contributed by atoms with van der Waals surface area (Å²) in [6.45, 7) is 0. The Morgan fingerprint density at radius 3 is 1.87 bits per heavy atom. The van der Waals surface area contributed by atoms with Crippen LogP contribution >= 0.6 is 0 Å². The highest BCUT2D eigenvalue weighted by atomic mass is 16.3. The van der Waals surface area contributed by atoms with E-state index < -0.39 is 0 Å². The molecule has 0 saturated heterocycles. The molecule has 2 heterocycles. The van der Waals surface area contributed by atoms with Gasteiger partial charge in [0, 0.05) is 38.5 Å². The molecule has 0 aliphatic carbocycles. The number of para-hydroxylation sites is 2. The molecular weight excluding hydrogens is 671 g/mol. The maximum Gasteiger partial charge on any atom is 0.143 e. The van der Waals surface area contributed by atoms with Crippen molar-refractivity contribution in [1.82, 2.24) is 0 Å². The van der Waals surface area contributed by atoms with Gasteiger partial charge in [-0.05, 0) is 81.7 Å². The van der Waals surface area contributed by atoms with Gasteiger partial charge in [0.25, 0.3) is 0 Å². The van der Waals surface area contributed by atoms with Gasteiger partial charge in [0.15, 0.2) is 0 Å². The molecule has 0 fully saturated rings. The molecule has 0 aliphatic heterocycles. The zero-order chi connectivity index (χ0) is 39.8. The molecule has 0 spiro atoms. The van der Waals surface area contributed by atoms with Gasteiger partial charge < -0.3 is 13.7 Å². The summed E-state index contributed by atoms with van der Waals surface area (Å²) >= 11 is 0. The van der Waals surface area contributed by atoms with E-state index in [2.05, 4.69) is 30.3 Å². The summed E-state index contributed by atoms with van der Waals surface area (Å²) in [4.78, 5) is 1.86. The Balaban J connectivity index is 1.15. The number of rotatable bonds is 6. The third-order valence-electron chi connectivity index (χ3n) is 10.5. The molecule has 258 valence electrons. The molecule has 11 rings (SSSR count). The highest BCUT2D eigenvalue weighted by molar-refractivity contribution is 6.19. The Morgan fingerprint density at radius 1 is 0.382 bits per heavy atom. The molecule has 3 heteroatoms. The Morgan fingerprint density at radius 2 is 1.02 bits per heavy atom. The van der Waals surface area contributed by atoms with Crippen LogP contribution in [0.15, 0.2) is 209 Å². The highest BCUT2D eigenvalue weighted by Crippen LogP contribution is 2.46. The molecule has 2 aromatic heterocycles. The van der Waals surface area contributed by atoms with Gasteiger partial charge in [0.2, 0.25) is 0 Å². The van der Waals surface area contributed by atoms with Gasteiger partial charge in [-0.2, -0.15) is 0 Å². The van der Waals surface area contributed by atoms with E-state index in [4.69, 9.17) is 8.83 Å². The van der Waals surface area contributed by atoms with Crippen LogP contribution in [0.5, 0.6) is 0 Å². The van der Waals surface area contributed by atoms with Gasteiger partial charge in [-0.25, -0.2) is 0 Å². The lowest BCUT2D eigenvalue weighted by Crippen LogP contribution is -2.10. The van der Waals surface area contributed by atoms with Crippen molar-refractivity contribution in [2.24, 2.45) is 0 Å². The number of hydrogen-bond donors (Lipinski definition) is 0. The summed E-state index contributed by atoms with van der Waals surface area (Å²) in [5.74, 6) is 0. The minimum atomic E-state index is -0.159. The van der Waals surface area contributed by atoms with E-state index in [1.54, 1.807) is 0 Å². The standard InChI is InChI=1S/C52H33NO2/c1-2-11-34(12-3-1)35-23-25-36(26-24-35)37-27-30-40(31-28-37)53(47-20-10-22-49-50(47)46-32-29-38-13-4-5-16-42(38)52(46)55-49)41-15-8-14-39(33-41)43-18-9-19-45-44-17-6-7-21-48(44)54-51(43)45/h1-33H/i27D,28D,30D,31D. The highest BCUT2D eigenvalue weighted by Gasteiger charge is 2.21. The number of nitrogens with zero attached hydrogens (tertiary/aromatic N) is 1. The molecule has 0 saturated carbocycles. The predicted octanol–water partition coefficient (Wildman–Crippen LogP) is 15.1. The van der Waals surface area contributed by atoms with Crippen molar-refractivity contribution in [2.75, 3.05) is 4.90 Å². The van der Waals surface area contributed by atoms with Gasteiger partial charge in [-0.3, -0.25) is 0 Å². The van der Waals surface area contributed by atoms with Crippen LogP contribution in [0.3, 0.4) is 0 Å². The lowest BCUT2D eigenvalue weighted by Gasteiger charge is -2.27. The monoisotopic (exact) mass is 707 g/mol. The first-order valence-electron chi connectivity index (χ1n) is 20.3. The summed E-state index contributed by atoms with van der Waals surface area (Å²) in [5, 5.41) is 5.76. The summed E-state index contributed by atoms with van der Waals surface area (Å²) in [6.07, 6.45) is 0. The van der Waals surface area contributed by atoms with Crippen molar-refractivity contribution < 1.29 is 14.3 Å². The fourth-order valence-corrected chi connectivity index (χ4v) is 7.92. The van der Waals surface area contributed by atoms with E-state index in [1.807, 2.05) is 150 Å². The molecular formula is C52H33NO2. The number of anilines is 3. The average molecular weight is 708 g/mol. The van der Waals surface area contributed by atoms with E-state index in [0.29, 0.717) is 22.5 Å². The molecule has 9 aromatic carbocycles. The third kappa shape index (κ3) is 5.20. The topological polar surface area (TPSA) is 29.5 Å². The molecule has 0 atom stereocenters. The molecule has 0 aliphatic rings. The molecule has 0 bridgehead atoms. The summed E-state index contributed by atoms with van der Waals surface area (Å²) in [5.41, 5.74) is 9.07. The number of hydrogen-bond acceptors (Lipinski definition) is 3. The first kappa shape index (κ1) is 27.3. The van der Waals surface area contributed by atoms with Crippen LogP contribution in [-0.4, -0.2) is 0 Å². The zero-order valence-corrected chi connectivity index (χ0v) is 29.5. The van der Waals surface area contributed by atoms with Gasteiger partial charge in [-0.1, -0.05) is 152 Å². The van der Waals surface area contributed by atoms with E-state index in [0.717, 1.165) is 71.3 Å². The van der Waals surface area contributed by atoms with Crippen LogP contribution < -0.4 is 4.90 Å². The number of fused-ring (bicyclic) bond motifs is 8. The lowest BCUT2D eigenvalue weighted by molar-refractivity contribution is 0.670. The lowest BCUT2D eigenvalue weighted by atomic mass is 9.99.